The van der Waals surface area contributed by atoms with Crippen LogP contribution in [-0.4, -0.2) is 24.3 Å². The molecule has 0 spiro atoms. The summed E-state index contributed by atoms with van der Waals surface area (Å²) >= 11 is 0. The lowest BCUT2D eigenvalue weighted by Gasteiger charge is -2.71. The molecule has 0 aromatic heterocycles. The minimum absolute atomic E-state index is 0.293. The third kappa shape index (κ3) is 0.888. The van der Waals surface area contributed by atoms with Crippen molar-refractivity contribution >= 4 is 5.97 Å². The molecule has 3 saturated carbocycles. The molecule has 0 unspecified atom stereocenters. The van der Waals surface area contributed by atoms with E-state index in [1.807, 2.05) is 0 Å². The number of carboxylic acid groups (broad SMARTS) is 1. The first-order valence-corrected chi connectivity index (χ1v) is 5.48. The fourth-order valence-electron chi connectivity index (χ4n) is 3.84. The normalized spacial score (nSPS) is 46.6. The average molecular weight is 196 g/mol. The molecule has 1 saturated heterocycles. The zero-order valence-corrected chi connectivity index (χ0v) is 8.29. The molecule has 0 aromatic carbocycles. The van der Waals surface area contributed by atoms with Gasteiger partial charge < -0.3 is 9.84 Å². The van der Waals surface area contributed by atoms with Gasteiger partial charge in [0.25, 0.3) is 0 Å². The number of rotatable bonds is 2. The number of ether oxygens (including phenoxy) is 1. The van der Waals surface area contributed by atoms with Gasteiger partial charge in [-0.15, -0.1) is 0 Å². The fraction of sp³-hybridized carbons (Fsp3) is 0.909. The molecule has 0 radical (unpaired) electrons. The van der Waals surface area contributed by atoms with Gasteiger partial charge in [-0.25, -0.2) is 0 Å². The quantitative estimate of drug-likeness (QED) is 0.730. The van der Waals surface area contributed by atoms with Crippen LogP contribution in [0.5, 0.6) is 0 Å². The van der Waals surface area contributed by atoms with E-state index in [2.05, 4.69) is 0 Å². The van der Waals surface area contributed by atoms with Crippen molar-refractivity contribution in [2.75, 3.05) is 13.2 Å². The first-order valence-electron chi connectivity index (χ1n) is 5.48. The largest absolute Gasteiger partial charge is 0.481 e. The van der Waals surface area contributed by atoms with Crippen molar-refractivity contribution in [3.8, 4) is 0 Å². The summed E-state index contributed by atoms with van der Waals surface area (Å²) in [6, 6.07) is 0. The van der Waals surface area contributed by atoms with Gasteiger partial charge in [-0.2, -0.15) is 0 Å². The topological polar surface area (TPSA) is 46.5 Å². The van der Waals surface area contributed by atoms with Gasteiger partial charge in [0.1, 0.15) is 0 Å². The van der Waals surface area contributed by atoms with Crippen molar-refractivity contribution in [3.05, 3.63) is 0 Å². The van der Waals surface area contributed by atoms with Crippen molar-refractivity contribution in [1.29, 1.82) is 0 Å². The predicted octanol–water partition coefficient (Wildman–Crippen LogP) is 1.67. The molecular formula is C11H16O3. The van der Waals surface area contributed by atoms with Gasteiger partial charge in [0.2, 0.25) is 0 Å². The van der Waals surface area contributed by atoms with Crippen LogP contribution < -0.4 is 0 Å². The van der Waals surface area contributed by atoms with E-state index in [1.165, 1.54) is 0 Å². The Balaban J connectivity index is 1.65. The molecule has 4 rings (SSSR count). The molecule has 2 bridgehead atoms. The Labute approximate surface area is 83.4 Å². The maximum Gasteiger partial charge on any atom is 0.309 e. The molecule has 0 aromatic rings. The Kier molecular flexibility index (Phi) is 1.56. The second-order valence-corrected chi connectivity index (χ2v) is 5.36. The maximum atomic E-state index is 10.9. The smallest absolute Gasteiger partial charge is 0.309 e. The minimum atomic E-state index is -0.563. The van der Waals surface area contributed by atoms with Gasteiger partial charge in [0.05, 0.1) is 5.41 Å². The van der Waals surface area contributed by atoms with E-state index in [1.54, 1.807) is 0 Å². The van der Waals surface area contributed by atoms with E-state index in [4.69, 9.17) is 9.84 Å². The standard InChI is InChI=1S/C11H16O3/c12-9(13)11-5-10(6-11,7-11)8-1-3-14-4-2-8/h8H,1-7H2,(H,12,13). The number of carboxylic acids is 1. The van der Waals surface area contributed by atoms with Crippen LogP contribution in [0.2, 0.25) is 0 Å². The molecule has 1 heterocycles. The van der Waals surface area contributed by atoms with Crippen LogP contribution in [0.25, 0.3) is 0 Å². The Morgan fingerprint density at radius 1 is 1.21 bits per heavy atom. The zero-order valence-electron chi connectivity index (χ0n) is 8.29. The van der Waals surface area contributed by atoms with E-state index in [0.717, 1.165) is 51.2 Å². The van der Waals surface area contributed by atoms with Gasteiger partial charge in [-0.3, -0.25) is 4.79 Å². The number of aliphatic carboxylic acids is 1. The molecule has 0 atom stereocenters. The van der Waals surface area contributed by atoms with E-state index in [-0.39, 0.29) is 5.41 Å². The number of hydrogen-bond acceptors (Lipinski definition) is 2. The highest BCUT2D eigenvalue weighted by atomic mass is 16.5. The molecule has 4 fully saturated rings. The molecule has 1 aliphatic heterocycles. The summed E-state index contributed by atoms with van der Waals surface area (Å²) in [7, 11) is 0. The van der Waals surface area contributed by atoms with Gasteiger partial charge >= 0.3 is 5.97 Å². The van der Waals surface area contributed by atoms with E-state index in [0.29, 0.717) is 5.41 Å². The summed E-state index contributed by atoms with van der Waals surface area (Å²) in [5.74, 6) is 0.184. The van der Waals surface area contributed by atoms with Crippen LogP contribution >= 0.6 is 0 Å². The van der Waals surface area contributed by atoms with Crippen LogP contribution in [0.1, 0.15) is 32.1 Å². The maximum absolute atomic E-state index is 10.9. The highest BCUT2D eigenvalue weighted by Gasteiger charge is 2.73. The molecule has 1 N–H and O–H groups in total. The first-order chi connectivity index (χ1) is 6.67. The van der Waals surface area contributed by atoms with E-state index >= 15 is 0 Å². The van der Waals surface area contributed by atoms with Gasteiger partial charge in [-0.05, 0) is 43.4 Å². The third-order valence-corrected chi connectivity index (χ3v) is 4.61. The molecule has 0 amide bonds. The average Bonchev–Trinajstić information content (AvgIpc) is 2.00. The van der Waals surface area contributed by atoms with Gasteiger partial charge in [0.15, 0.2) is 0 Å². The zero-order chi connectivity index (χ0) is 9.81. The Hall–Kier alpha value is -0.570. The minimum Gasteiger partial charge on any atom is -0.481 e. The number of carbonyl (C=O) groups is 1. The summed E-state index contributed by atoms with van der Waals surface area (Å²) in [5, 5.41) is 9.02. The SMILES string of the molecule is O=C(O)C12CC(C3CCOCC3)(C1)C2. The summed E-state index contributed by atoms with van der Waals surface area (Å²) in [4.78, 5) is 10.9. The molecule has 4 aliphatic rings. The summed E-state index contributed by atoms with van der Waals surface area (Å²) in [6.07, 6.45) is 5.13. The Morgan fingerprint density at radius 2 is 1.79 bits per heavy atom. The highest BCUT2D eigenvalue weighted by Crippen LogP contribution is 2.77. The predicted molar refractivity (Wildman–Crippen MR) is 49.9 cm³/mol. The molecule has 3 nitrogen and oxygen atoms in total. The fourth-order valence-corrected chi connectivity index (χ4v) is 3.84. The Morgan fingerprint density at radius 3 is 2.29 bits per heavy atom. The second kappa shape index (κ2) is 2.51. The third-order valence-electron chi connectivity index (χ3n) is 4.61. The highest BCUT2D eigenvalue weighted by molar-refractivity contribution is 5.79. The van der Waals surface area contributed by atoms with Crippen molar-refractivity contribution in [2.24, 2.45) is 16.7 Å². The van der Waals surface area contributed by atoms with Crippen molar-refractivity contribution in [3.63, 3.8) is 0 Å². The summed E-state index contributed by atoms with van der Waals surface area (Å²) in [6.45, 7) is 1.76. The van der Waals surface area contributed by atoms with E-state index < -0.39 is 5.97 Å². The number of hydrogen-bond donors (Lipinski definition) is 1. The lowest BCUT2D eigenvalue weighted by Crippen LogP contribution is -2.68. The molecule has 3 heteroatoms. The Bertz CT molecular complexity index is 258. The van der Waals surface area contributed by atoms with Crippen LogP contribution in [0, 0.1) is 16.7 Å². The second-order valence-electron chi connectivity index (χ2n) is 5.36. The lowest BCUT2D eigenvalue weighted by atomic mass is 9.31. The van der Waals surface area contributed by atoms with E-state index in [9.17, 15) is 4.79 Å². The lowest BCUT2D eigenvalue weighted by molar-refractivity contribution is -0.250. The summed E-state index contributed by atoms with van der Waals surface area (Å²) in [5.41, 5.74) is 0.125. The molecule has 3 aliphatic carbocycles. The summed E-state index contributed by atoms with van der Waals surface area (Å²) < 4.78 is 5.34. The molecular weight excluding hydrogens is 180 g/mol. The van der Waals surface area contributed by atoms with Gasteiger partial charge in [0, 0.05) is 13.2 Å². The van der Waals surface area contributed by atoms with Crippen LogP contribution in [0.15, 0.2) is 0 Å². The molecule has 78 valence electrons. The van der Waals surface area contributed by atoms with Crippen LogP contribution in [-0.2, 0) is 9.53 Å². The van der Waals surface area contributed by atoms with Crippen molar-refractivity contribution in [1.82, 2.24) is 0 Å². The van der Waals surface area contributed by atoms with Gasteiger partial charge in [-0.1, -0.05) is 0 Å². The van der Waals surface area contributed by atoms with Crippen molar-refractivity contribution < 1.29 is 14.6 Å². The van der Waals surface area contributed by atoms with Crippen LogP contribution in [0.3, 0.4) is 0 Å². The van der Waals surface area contributed by atoms with Crippen molar-refractivity contribution in [2.45, 2.75) is 32.1 Å². The monoisotopic (exact) mass is 196 g/mol. The molecule has 14 heavy (non-hydrogen) atoms. The first kappa shape index (κ1) is 8.72. The van der Waals surface area contributed by atoms with Crippen LogP contribution in [0.4, 0.5) is 0 Å².